The molecule has 0 bridgehead atoms. The smallest absolute Gasteiger partial charge is 0.220 e. The van der Waals surface area contributed by atoms with E-state index in [-0.39, 0.29) is 11.4 Å². The quantitative estimate of drug-likeness (QED) is 0.685. The second kappa shape index (κ2) is 4.94. The molecule has 1 saturated heterocycles. The highest BCUT2D eigenvalue weighted by Gasteiger charge is 2.23. The Morgan fingerprint density at radius 1 is 1.53 bits per heavy atom. The maximum atomic E-state index is 11.0. The normalized spacial score (nSPS) is 22.2. The summed E-state index contributed by atoms with van der Waals surface area (Å²) >= 11 is 0. The minimum atomic E-state index is 0.155. The summed E-state index contributed by atoms with van der Waals surface area (Å²) in [7, 11) is 4.16. The number of carbonyl (C=O) groups is 1. The molecule has 0 aromatic rings. The van der Waals surface area contributed by atoms with Crippen molar-refractivity contribution in [1.82, 2.24) is 15.5 Å². The number of nitrogens with one attached hydrogen (secondary N) is 2. The molecule has 1 heterocycles. The predicted molar refractivity (Wildman–Crippen MR) is 61.8 cm³/mol. The van der Waals surface area contributed by atoms with Crippen molar-refractivity contribution in [2.24, 2.45) is 0 Å². The van der Waals surface area contributed by atoms with Crippen LogP contribution in [0.1, 0.15) is 26.7 Å². The molecule has 1 atom stereocenters. The fraction of sp³-hybridized carbons (Fsp3) is 0.909. The van der Waals surface area contributed by atoms with Crippen LogP contribution in [0.3, 0.4) is 0 Å². The van der Waals surface area contributed by atoms with Crippen LogP contribution in [-0.4, -0.2) is 49.6 Å². The van der Waals surface area contributed by atoms with Crippen LogP contribution in [0.25, 0.3) is 0 Å². The van der Waals surface area contributed by atoms with Gasteiger partial charge in [-0.3, -0.25) is 4.79 Å². The summed E-state index contributed by atoms with van der Waals surface area (Å²) in [5.74, 6) is 0.189. The third kappa shape index (κ3) is 3.80. The van der Waals surface area contributed by atoms with Gasteiger partial charge in [0, 0.05) is 31.1 Å². The van der Waals surface area contributed by atoms with Crippen LogP contribution < -0.4 is 10.6 Å². The SMILES string of the molecule is CN(C)C(C)(C)CNCC1CCC(=O)N1. The molecule has 1 aliphatic rings. The van der Waals surface area contributed by atoms with Gasteiger partial charge in [0.25, 0.3) is 0 Å². The maximum Gasteiger partial charge on any atom is 0.220 e. The van der Waals surface area contributed by atoms with Crippen molar-refractivity contribution in [1.29, 1.82) is 0 Å². The largest absolute Gasteiger partial charge is 0.352 e. The van der Waals surface area contributed by atoms with Crippen molar-refractivity contribution in [2.75, 3.05) is 27.2 Å². The van der Waals surface area contributed by atoms with E-state index in [1.54, 1.807) is 0 Å². The third-order valence-electron chi connectivity index (χ3n) is 3.24. The van der Waals surface area contributed by atoms with Crippen LogP contribution in [0.4, 0.5) is 0 Å². The molecule has 88 valence electrons. The molecule has 2 N–H and O–H groups in total. The van der Waals surface area contributed by atoms with Gasteiger partial charge < -0.3 is 15.5 Å². The molecule has 0 saturated carbocycles. The molecule has 1 fully saturated rings. The molecular formula is C11H23N3O. The van der Waals surface area contributed by atoms with E-state index in [9.17, 15) is 4.79 Å². The first kappa shape index (κ1) is 12.5. The highest BCUT2D eigenvalue weighted by molar-refractivity contribution is 5.78. The molecule has 0 radical (unpaired) electrons. The molecule has 4 heteroatoms. The molecule has 1 amide bonds. The van der Waals surface area contributed by atoms with Crippen molar-refractivity contribution in [3.63, 3.8) is 0 Å². The van der Waals surface area contributed by atoms with E-state index >= 15 is 0 Å². The summed E-state index contributed by atoms with van der Waals surface area (Å²) in [6.45, 7) is 6.22. The van der Waals surface area contributed by atoms with E-state index in [0.29, 0.717) is 12.5 Å². The zero-order chi connectivity index (χ0) is 11.5. The van der Waals surface area contributed by atoms with Gasteiger partial charge in [-0.2, -0.15) is 0 Å². The molecule has 1 unspecified atom stereocenters. The number of carbonyl (C=O) groups excluding carboxylic acids is 1. The number of hydrogen-bond donors (Lipinski definition) is 2. The predicted octanol–water partition coefficient (Wildman–Crippen LogP) is 0.195. The fourth-order valence-electron chi connectivity index (χ4n) is 1.54. The monoisotopic (exact) mass is 213 g/mol. The van der Waals surface area contributed by atoms with Crippen molar-refractivity contribution < 1.29 is 4.79 Å². The fourth-order valence-corrected chi connectivity index (χ4v) is 1.54. The van der Waals surface area contributed by atoms with Crippen molar-refractivity contribution in [2.45, 2.75) is 38.3 Å². The second-order valence-corrected chi connectivity index (χ2v) is 5.14. The summed E-state index contributed by atoms with van der Waals surface area (Å²) in [5, 5.41) is 6.37. The number of hydrogen-bond acceptors (Lipinski definition) is 3. The highest BCUT2D eigenvalue weighted by Crippen LogP contribution is 2.09. The average molecular weight is 213 g/mol. The van der Waals surface area contributed by atoms with E-state index < -0.39 is 0 Å². The van der Waals surface area contributed by atoms with Crippen molar-refractivity contribution >= 4 is 5.91 Å². The van der Waals surface area contributed by atoms with Gasteiger partial charge in [-0.05, 0) is 34.4 Å². The summed E-state index contributed by atoms with van der Waals surface area (Å²) < 4.78 is 0. The number of nitrogens with zero attached hydrogens (tertiary/aromatic N) is 1. The first-order valence-electron chi connectivity index (χ1n) is 5.59. The van der Waals surface area contributed by atoms with Crippen LogP contribution >= 0.6 is 0 Å². The molecule has 0 spiro atoms. The molecule has 4 nitrogen and oxygen atoms in total. The van der Waals surface area contributed by atoms with Crippen LogP contribution in [0, 0.1) is 0 Å². The van der Waals surface area contributed by atoms with Gasteiger partial charge in [0.15, 0.2) is 0 Å². The minimum Gasteiger partial charge on any atom is -0.352 e. The average Bonchev–Trinajstić information content (AvgIpc) is 2.51. The number of amides is 1. The van der Waals surface area contributed by atoms with E-state index in [1.807, 2.05) is 0 Å². The Morgan fingerprint density at radius 3 is 2.67 bits per heavy atom. The van der Waals surface area contributed by atoms with E-state index in [0.717, 1.165) is 19.5 Å². The van der Waals surface area contributed by atoms with Crippen LogP contribution in [0.15, 0.2) is 0 Å². The topological polar surface area (TPSA) is 44.4 Å². The Kier molecular flexibility index (Phi) is 4.11. The highest BCUT2D eigenvalue weighted by atomic mass is 16.1. The van der Waals surface area contributed by atoms with E-state index in [1.165, 1.54) is 0 Å². The first-order valence-corrected chi connectivity index (χ1v) is 5.59. The van der Waals surface area contributed by atoms with Gasteiger partial charge >= 0.3 is 0 Å². The van der Waals surface area contributed by atoms with Gasteiger partial charge in [0.05, 0.1) is 0 Å². The minimum absolute atomic E-state index is 0.155. The van der Waals surface area contributed by atoms with E-state index in [2.05, 4.69) is 43.5 Å². The molecule has 1 aliphatic heterocycles. The van der Waals surface area contributed by atoms with E-state index in [4.69, 9.17) is 0 Å². The van der Waals surface area contributed by atoms with Crippen molar-refractivity contribution in [3.05, 3.63) is 0 Å². The third-order valence-corrected chi connectivity index (χ3v) is 3.24. The lowest BCUT2D eigenvalue weighted by atomic mass is 10.0. The number of likely N-dealkylation sites (N-methyl/N-ethyl adjacent to an activating group) is 1. The van der Waals surface area contributed by atoms with Gasteiger partial charge in [0.2, 0.25) is 5.91 Å². The lowest BCUT2D eigenvalue weighted by molar-refractivity contribution is -0.119. The molecule has 15 heavy (non-hydrogen) atoms. The molecular weight excluding hydrogens is 190 g/mol. The van der Waals surface area contributed by atoms with Crippen molar-refractivity contribution in [3.8, 4) is 0 Å². The summed E-state index contributed by atoms with van der Waals surface area (Å²) in [4.78, 5) is 13.2. The first-order chi connectivity index (χ1) is 6.92. The Balaban J connectivity index is 2.19. The Bertz CT molecular complexity index is 226. The molecule has 0 aliphatic carbocycles. The Labute approximate surface area is 92.4 Å². The second-order valence-electron chi connectivity index (χ2n) is 5.14. The van der Waals surface area contributed by atoms with Gasteiger partial charge in [-0.15, -0.1) is 0 Å². The summed E-state index contributed by atoms with van der Waals surface area (Å²) in [6.07, 6.45) is 1.65. The lowest BCUT2D eigenvalue weighted by Crippen LogP contribution is -2.49. The molecule has 0 aromatic carbocycles. The zero-order valence-corrected chi connectivity index (χ0v) is 10.3. The lowest BCUT2D eigenvalue weighted by Gasteiger charge is -2.33. The number of rotatable bonds is 5. The Hall–Kier alpha value is -0.610. The van der Waals surface area contributed by atoms with Crippen LogP contribution in [0.2, 0.25) is 0 Å². The van der Waals surface area contributed by atoms with Crippen LogP contribution in [0.5, 0.6) is 0 Å². The maximum absolute atomic E-state index is 11.0. The van der Waals surface area contributed by atoms with Gasteiger partial charge in [-0.1, -0.05) is 0 Å². The van der Waals surface area contributed by atoms with Gasteiger partial charge in [0.1, 0.15) is 0 Å². The zero-order valence-electron chi connectivity index (χ0n) is 10.3. The molecule has 0 aromatic heterocycles. The van der Waals surface area contributed by atoms with Crippen LogP contribution in [-0.2, 0) is 4.79 Å². The van der Waals surface area contributed by atoms with Gasteiger partial charge in [-0.25, -0.2) is 0 Å². The Morgan fingerprint density at radius 2 is 2.20 bits per heavy atom. The molecule has 1 rings (SSSR count). The summed E-state index contributed by atoms with van der Waals surface area (Å²) in [6, 6.07) is 0.329. The summed E-state index contributed by atoms with van der Waals surface area (Å²) in [5.41, 5.74) is 0.155. The standard InChI is InChI=1S/C11H23N3O/c1-11(2,14(3)4)8-12-7-9-5-6-10(15)13-9/h9,12H,5-8H2,1-4H3,(H,13,15).